The van der Waals surface area contributed by atoms with E-state index in [0.29, 0.717) is 38.5 Å². The number of carbonyl (C=O) groups excluding carboxylic acids is 4. The van der Waals surface area contributed by atoms with Gasteiger partial charge in [-0.05, 0) is 33.1 Å². The molecular formula is C31H58BN4O6Y-. The van der Waals surface area contributed by atoms with Crippen molar-refractivity contribution in [2.24, 2.45) is 0 Å². The average Bonchev–Trinajstić information content (AvgIpc) is 2.97. The summed E-state index contributed by atoms with van der Waals surface area (Å²) in [4.78, 5) is 55.8. The number of aldehydes is 2. The fraction of sp³-hybridized carbons (Fsp3) is 0.839. The van der Waals surface area contributed by atoms with E-state index in [4.69, 9.17) is 13.7 Å². The third-order valence-corrected chi connectivity index (χ3v) is 6.90. The number of hydrogen-bond donors (Lipinski definition) is 4. The van der Waals surface area contributed by atoms with Crippen molar-refractivity contribution in [3.63, 3.8) is 0 Å². The molecule has 0 aromatic carbocycles. The van der Waals surface area contributed by atoms with Crippen molar-refractivity contribution in [2.75, 3.05) is 6.54 Å². The van der Waals surface area contributed by atoms with Crippen molar-refractivity contribution in [3.05, 3.63) is 5.73 Å². The SMILES string of the molecule is CCCCCCCCCCCCCCCC(=O)N[C@@H](CCC(=O)NCCCCC([NH-])C=O)C(=O)O.[B]NC(C)(C)C=O.[Y]. The van der Waals surface area contributed by atoms with Crippen LogP contribution in [0, 0.1) is 0 Å². The van der Waals surface area contributed by atoms with Crippen LogP contribution in [0.1, 0.15) is 143 Å². The fourth-order valence-corrected chi connectivity index (χ4v) is 4.01. The molecule has 43 heavy (non-hydrogen) atoms. The minimum absolute atomic E-state index is 0. The smallest absolute Gasteiger partial charge is 0.326 e. The molecule has 5 N–H and O–H groups in total. The first kappa shape index (κ1) is 46.3. The van der Waals surface area contributed by atoms with Crippen molar-refractivity contribution in [3.8, 4) is 0 Å². The summed E-state index contributed by atoms with van der Waals surface area (Å²) >= 11 is 0. The number of amides is 2. The Balaban J connectivity index is -0.00000177. The van der Waals surface area contributed by atoms with Gasteiger partial charge in [-0.1, -0.05) is 103 Å². The summed E-state index contributed by atoms with van der Waals surface area (Å²) in [6.07, 6.45) is 19.4. The molecule has 0 spiro atoms. The molecule has 0 fully saturated rings. The Hall–Kier alpha value is -1.16. The van der Waals surface area contributed by atoms with E-state index in [1.165, 1.54) is 64.2 Å². The predicted molar refractivity (Wildman–Crippen MR) is 169 cm³/mol. The van der Waals surface area contributed by atoms with Crippen LogP contribution in [-0.2, 0) is 56.7 Å². The number of carbonyl (C=O) groups is 5. The van der Waals surface area contributed by atoms with Gasteiger partial charge >= 0.3 is 5.97 Å². The Morgan fingerprint density at radius 2 is 1.30 bits per heavy atom. The van der Waals surface area contributed by atoms with Gasteiger partial charge in [0.15, 0.2) is 7.98 Å². The average molecular weight is 683 g/mol. The van der Waals surface area contributed by atoms with Gasteiger partial charge in [-0.15, -0.1) is 0 Å². The Bertz CT molecular complexity index is 730. The number of rotatable bonds is 27. The maximum Gasteiger partial charge on any atom is 0.326 e. The number of unbranched alkanes of at least 4 members (excludes halogenated alkanes) is 13. The molecule has 0 rings (SSSR count). The van der Waals surface area contributed by atoms with E-state index in [9.17, 15) is 29.1 Å². The standard InChI is InChI=1S/C27H50N3O5.C4H8BNO.Y/c1-2-3-4-5-6-7-8-9-10-11-12-13-14-18-26(33)30-24(27(34)35)19-20-25(32)29-21-16-15-17-23(28)22-31;1-4(2,3-7)6-5;/h22-24,28H,2-21H2,1H3,(H,29,32)(H,30,33)(H,34,35);3,6H,1-2H3;/q-1;;/t23?,24-;;/m0../s1. The van der Waals surface area contributed by atoms with Crippen LogP contribution in [-0.4, -0.2) is 67.6 Å². The van der Waals surface area contributed by atoms with Crippen LogP contribution in [0.2, 0.25) is 0 Å². The number of hydrogen-bond acceptors (Lipinski definition) is 6. The molecule has 0 bridgehead atoms. The molecule has 2 atom stereocenters. The van der Waals surface area contributed by atoms with Crippen molar-refractivity contribution in [2.45, 2.75) is 160 Å². The normalized spacial score (nSPS) is 12.1. The Kier molecular flexibility index (Phi) is 34.7. The van der Waals surface area contributed by atoms with E-state index in [2.05, 4.69) is 22.8 Å². The Labute approximate surface area is 287 Å². The van der Waals surface area contributed by atoms with E-state index >= 15 is 0 Å². The maximum absolute atomic E-state index is 12.1. The molecular weight excluding hydrogens is 624 g/mol. The molecule has 0 saturated heterocycles. The van der Waals surface area contributed by atoms with Crippen LogP contribution in [0.5, 0.6) is 0 Å². The number of nitrogens with one attached hydrogen (secondary N) is 4. The van der Waals surface area contributed by atoms with Crippen molar-refractivity contribution < 1.29 is 61.8 Å². The number of aliphatic carboxylic acids is 1. The van der Waals surface area contributed by atoms with Crippen LogP contribution in [0.15, 0.2) is 0 Å². The first-order valence-corrected chi connectivity index (χ1v) is 15.9. The molecule has 1 unspecified atom stereocenters. The molecule has 0 aliphatic rings. The molecule has 245 valence electrons. The molecule has 0 aromatic heterocycles. The number of carboxylic acid groups (broad SMARTS) is 1. The van der Waals surface area contributed by atoms with Gasteiger partial charge in [0.2, 0.25) is 11.8 Å². The minimum atomic E-state index is -1.13. The van der Waals surface area contributed by atoms with E-state index in [1.807, 2.05) is 0 Å². The van der Waals surface area contributed by atoms with Crippen molar-refractivity contribution in [1.82, 2.24) is 15.9 Å². The molecule has 3 radical (unpaired) electrons. The van der Waals surface area contributed by atoms with E-state index in [-0.39, 0.29) is 57.4 Å². The van der Waals surface area contributed by atoms with Crippen LogP contribution < -0.4 is 15.9 Å². The summed E-state index contributed by atoms with van der Waals surface area (Å²) in [5, 5.41) is 16.9. The summed E-state index contributed by atoms with van der Waals surface area (Å²) in [7, 11) is 4.94. The summed E-state index contributed by atoms with van der Waals surface area (Å²) in [6, 6.07) is -1.78. The predicted octanol–water partition coefficient (Wildman–Crippen LogP) is 5.36. The second-order valence-electron chi connectivity index (χ2n) is 11.6. The topological polar surface area (TPSA) is 165 Å². The molecule has 12 heteroatoms. The van der Waals surface area contributed by atoms with E-state index in [0.717, 1.165) is 25.5 Å². The third kappa shape index (κ3) is 33.6. The Morgan fingerprint density at radius 1 is 0.791 bits per heavy atom. The molecule has 0 aromatic rings. The second-order valence-corrected chi connectivity index (χ2v) is 11.6. The van der Waals surface area contributed by atoms with Crippen molar-refractivity contribution >= 4 is 38.3 Å². The fourth-order valence-electron chi connectivity index (χ4n) is 4.01. The second kappa shape index (κ2) is 32.2. The van der Waals surface area contributed by atoms with Crippen LogP contribution in [0.3, 0.4) is 0 Å². The molecule has 0 aliphatic heterocycles. The summed E-state index contributed by atoms with van der Waals surface area (Å²) in [5.41, 5.74) is 6.76. The van der Waals surface area contributed by atoms with Crippen LogP contribution in [0.4, 0.5) is 0 Å². The number of carboxylic acids is 1. The zero-order chi connectivity index (χ0) is 32.1. The quantitative estimate of drug-likeness (QED) is 0.0515. The third-order valence-electron chi connectivity index (χ3n) is 6.90. The first-order valence-electron chi connectivity index (χ1n) is 15.9. The first-order chi connectivity index (χ1) is 20.0. The van der Waals surface area contributed by atoms with Gasteiger partial charge in [-0.25, -0.2) is 4.79 Å². The summed E-state index contributed by atoms with van der Waals surface area (Å²) in [6.45, 7) is 6.05. The molecule has 0 heterocycles. The zero-order valence-corrected chi connectivity index (χ0v) is 29.9. The van der Waals surface area contributed by atoms with Crippen LogP contribution in [0.25, 0.3) is 5.73 Å². The Morgan fingerprint density at radius 3 is 1.72 bits per heavy atom. The van der Waals surface area contributed by atoms with Crippen molar-refractivity contribution in [1.29, 1.82) is 0 Å². The molecule has 2 amide bonds. The van der Waals surface area contributed by atoms with Gasteiger partial charge in [0.1, 0.15) is 18.6 Å². The van der Waals surface area contributed by atoms with Gasteiger partial charge in [0.05, 0.1) is 5.54 Å². The van der Waals surface area contributed by atoms with Gasteiger partial charge < -0.3 is 36.3 Å². The van der Waals surface area contributed by atoms with Gasteiger partial charge in [0, 0.05) is 52.1 Å². The maximum atomic E-state index is 12.1. The zero-order valence-electron chi connectivity index (χ0n) is 27.1. The van der Waals surface area contributed by atoms with Crippen LogP contribution >= 0.6 is 0 Å². The molecule has 10 nitrogen and oxygen atoms in total. The van der Waals surface area contributed by atoms with Gasteiger partial charge in [-0.2, -0.15) is 0 Å². The summed E-state index contributed by atoms with van der Waals surface area (Å²) < 4.78 is 0. The minimum Gasteiger partial charge on any atom is -0.669 e. The molecule has 0 saturated carbocycles. The van der Waals surface area contributed by atoms with Gasteiger partial charge in [0.25, 0.3) is 0 Å². The largest absolute Gasteiger partial charge is 0.669 e. The van der Waals surface area contributed by atoms with Gasteiger partial charge in [-0.3, -0.25) is 9.59 Å². The monoisotopic (exact) mass is 682 g/mol. The van der Waals surface area contributed by atoms with E-state index in [1.54, 1.807) is 13.8 Å². The summed E-state index contributed by atoms with van der Waals surface area (Å²) in [5.74, 6) is -1.67. The van der Waals surface area contributed by atoms with E-state index < -0.39 is 23.6 Å². The molecule has 0 aliphatic carbocycles.